The van der Waals surface area contributed by atoms with Crippen LogP contribution in [-0.4, -0.2) is 70.6 Å². The van der Waals surface area contributed by atoms with E-state index < -0.39 is 5.97 Å². The van der Waals surface area contributed by atoms with Crippen LogP contribution in [-0.2, 0) is 11.8 Å². The number of carboxylic acids is 1. The third-order valence-corrected chi connectivity index (χ3v) is 15.3. The molecule has 0 radical (unpaired) electrons. The Hall–Kier alpha value is -1.58. The second kappa shape index (κ2) is 13.3. The normalized spacial score (nSPS) is 50.7. The fraction of sp³-hybridized carbons (Fsp3) is 0.846. The fourth-order valence-corrected chi connectivity index (χ4v) is 12.8. The molecule has 8 nitrogen and oxygen atoms in total. The molecule has 6 N–H and O–H groups in total. The second-order valence-electron chi connectivity index (χ2n) is 17.2. The summed E-state index contributed by atoms with van der Waals surface area (Å²) >= 11 is 0. The lowest BCUT2D eigenvalue weighted by Crippen LogP contribution is -2.51. The summed E-state index contributed by atoms with van der Waals surface area (Å²) in [6.07, 6.45) is 10.4. The molecule has 1 aromatic heterocycles. The van der Waals surface area contributed by atoms with E-state index in [9.17, 15) is 15.0 Å². The number of hydrogen-bond acceptors (Lipinski definition) is 6. The van der Waals surface area contributed by atoms with Crippen molar-refractivity contribution in [2.24, 2.45) is 60.3 Å². The monoisotopic (exact) mass is 651 g/mol. The number of rotatable bonds is 6. The minimum atomic E-state index is -0.705. The summed E-state index contributed by atoms with van der Waals surface area (Å²) in [6.45, 7) is 14.6. The van der Waals surface area contributed by atoms with Crippen LogP contribution in [0.25, 0.3) is 0 Å². The molecule has 0 amide bonds. The zero-order valence-electron chi connectivity index (χ0n) is 30.0. The van der Waals surface area contributed by atoms with E-state index in [-0.39, 0.29) is 54.3 Å². The molecule has 5 aliphatic heterocycles. The van der Waals surface area contributed by atoms with Crippen molar-refractivity contribution < 1.29 is 19.6 Å². The molecule has 262 valence electrons. The van der Waals surface area contributed by atoms with Gasteiger partial charge in [-0.25, -0.2) is 4.57 Å². The molecule has 1 aliphatic carbocycles. The van der Waals surface area contributed by atoms with Gasteiger partial charge in [-0.2, -0.15) is 0 Å². The van der Waals surface area contributed by atoms with Crippen LogP contribution in [0.5, 0.6) is 0 Å². The van der Waals surface area contributed by atoms with Crippen molar-refractivity contribution >= 4 is 5.97 Å². The van der Waals surface area contributed by atoms with Gasteiger partial charge in [0.15, 0.2) is 12.4 Å². The number of aliphatic carboxylic acids is 1. The van der Waals surface area contributed by atoms with Crippen LogP contribution in [0, 0.1) is 53.3 Å². The van der Waals surface area contributed by atoms with Crippen molar-refractivity contribution in [3.8, 4) is 0 Å². The van der Waals surface area contributed by atoms with Gasteiger partial charge >= 0.3 is 5.97 Å². The summed E-state index contributed by atoms with van der Waals surface area (Å²) in [5.74, 6) is 3.52. The first-order valence-electron chi connectivity index (χ1n) is 19.4. The largest absolute Gasteiger partial charge is 0.481 e. The van der Waals surface area contributed by atoms with Gasteiger partial charge in [0, 0.05) is 78.7 Å². The molecule has 6 aliphatic rings. The quantitative estimate of drug-likeness (QED) is 0.260. The van der Waals surface area contributed by atoms with Crippen molar-refractivity contribution in [2.75, 3.05) is 0 Å². The lowest BCUT2D eigenvalue weighted by atomic mass is 9.71. The van der Waals surface area contributed by atoms with Gasteiger partial charge in [0.05, 0.1) is 6.10 Å². The van der Waals surface area contributed by atoms with Crippen LogP contribution in [0.1, 0.15) is 98.0 Å². The summed E-state index contributed by atoms with van der Waals surface area (Å²) in [5, 5.41) is 38.6. The Labute approximate surface area is 283 Å². The van der Waals surface area contributed by atoms with Crippen molar-refractivity contribution in [2.45, 2.75) is 147 Å². The number of nitrogens with zero attached hydrogens (tertiary/aromatic N) is 1. The number of carbonyl (C=O) groups is 1. The lowest BCUT2D eigenvalue weighted by Gasteiger charge is -2.36. The average Bonchev–Trinajstić information content (AvgIpc) is 3.79. The molecule has 47 heavy (non-hydrogen) atoms. The van der Waals surface area contributed by atoms with Gasteiger partial charge in [-0.15, -0.1) is 0 Å². The predicted molar refractivity (Wildman–Crippen MR) is 185 cm³/mol. The minimum absolute atomic E-state index is 0.180. The van der Waals surface area contributed by atoms with Crippen LogP contribution in [0.2, 0.25) is 0 Å². The first-order chi connectivity index (χ1) is 22.5. The van der Waals surface area contributed by atoms with Gasteiger partial charge in [0.1, 0.15) is 7.05 Å². The highest BCUT2D eigenvalue weighted by Crippen LogP contribution is 2.52. The maximum Gasteiger partial charge on any atom is 0.303 e. The molecule has 1 saturated carbocycles. The number of nitrogens with one attached hydrogen (secondary N) is 4. The van der Waals surface area contributed by atoms with Crippen LogP contribution >= 0.6 is 0 Å². The third-order valence-electron chi connectivity index (χ3n) is 15.3. The Morgan fingerprint density at radius 2 is 1.32 bits per heavy atom. The lowest BCUT2D eigenvalue weighted by molar-refractivity contribution is -0.671. The topological polar surface area (TPSA) is 110 Å². The van der Waals surface area contributed by atoms with Crippen LogP contribution in [0.4, 0.5) is 0 Å². The maximum atomic E-state index is 12.0. The minimum Gasteiger partial charge on any atom is -0.481 e. The molecular formula is C39H64N5O3+. The molecule has 7 rings (SSSR count). The van der Waals surface area contributed by atoms with E-state index in [1.165, 1.54) is 24.8 Å². The van der Waals surface area contributed by atoms with Gasteiger partial charge in [-0.05, 0) is 78.6 Å². The number of hydrogen-bond donors (Lipinski definition) is 6. The molecule has 6 heterocycles. The molecule has 1 aromatic rings. The van der Waals surface area contributed by atoms with Crippen LogP contribution in [0.15, 0.2) is 24.5 Å². The summed E-state index contributed by atoms with van der Waals surface area (Å²) in [7, 11) is 2.09. The second-order valence-corrected chi connectivity index (χ2v) is 17.2. The number of fused-ring (bicyclic) bond motifs is 8. The summed E-state index contributed by atoms with van der Waals surface area (Å²) < 4.78 is 2.13. The van der Waals surface area contributed by atoms with Gasteiger partial charge < -0.3 is 31.5 Å². The number of aliphatic hydroxyl groups excluding tert-OH is 1. The fourth-order valence-electron chi connectivity index (χ4n) is 12.8. The van der Waals surface area contributed by atoms with E-state index in [0.29, 0.717) is 72.1 Å². The van der Waals surface area contributed by atoms with Crippen LogP contribution in [0.3, 0.4) is 0 Å². The van der Waals surface area contributed by atoms with Crippen molar-refractivity contribution in [1.29, 1.82) is 0 Å². The molecule has 6 fully saturated rings. The zero-order valence-corrected chi connectivity index (χ0v) is 30.0. The molecule has 8 heteroatoms. The van der Waals surface area contributed by atoms with E-state index in [1.807, 2.05) is 0 Å². The highest BCUT2D eigenvalue weighted by atomic mass is 16.4. The predicted octanol–water partition coefficient (Wildman–Crippen LogP) is 3.82. The Morgan fingerprint density at radius 3 is 1.98 bits per heavy atom. The first-order valence-corrected chi connectivity index (χ1v) is 19.4. The highest BCUT2D eigenvalue weighted by molar-refractivity contribution is 5.66. The van der Waals surface area contributed by atoms with Crippen molar-refractivity contribution in [1.82, 2.24) is 21.3 Å². The van der Waals surface area contributed by atoms with Gasteiger partial charge in [0.25, 0.3) is 0 Å². The Morgan fingerprint density at radius 1 is 0.745 bits per heavy atom. The Bertz CT molecular complexity index is 1260. The number of aromatic nitrogens is 1. The number of aliphatic hydroxyl groups is 1. The molecule has 0 spiro atoms. The number of carboxylic acid groups (broad SMARTS) is 1. The highest BCUT2D eigenvalue weighted by Gasteiger charge is 2.59. The molecule has 8 bridgehead atoms. The summed E-state index contributed by atoms with van der Waals surface area (Å²) in [4.78, 5) is 12.0. The van der Waals surface area contributed by atoms with E-state index in [1.54, 1.807) is 0 Å². The molecule has 0 aromatic carbocycles. The van der Waals surface area contributed by atoms with Gasteiger partial charge in [-0.3, -0.25) is 4.79 Å². The molecule has 5 saturated heterocycles. The molecular weight excluding hydrogens is 586 g/mol. The van der Waals surface area contributed by atoms with E-state index in [0.717, 1.165) is 12.8 Å². The summed E-state index contributed by atoms with van der Waals surface area (Å²) in [6, 6.07) is 7.51. The molecule has 19 atom stereocenters. The Balaban J connectivity index is 1.33. The van der Waals surface area contributed by atoms with Crippen molar-refractivity contribution in [3.63, 3.8) is 0 Å². The SMILES string of the molecule is CCC1C2CC3NC4C(CC(O)C4C3C)C3NC(C(c4cc[n+](C)cc4)C4NC(CC(N2)C1C)C(CC)C4C)[C@@H](C)[C@@H]3CCC(=O)O. The third kappa shape index (κ3) is 5.80. The van der Waals surface area contributed by atoms with Gasteiger partial charge in [0.2, 0.25) is 0 Å². The standard InChI is InChI=1S/C39H63N5O3/c1-8-24-19(3)28-17-31-25(9-2)20(4)36(42-31)35(23-12-14-44(7)15-13-23)37-21(5)26(10-11-33(46)47)38(43-37)27-16-32(45)34-22(6)29(41-39(27)34)18-30(24)40-28/h12-15,19-22,24-32,34-43,45H,8-11,16-18H2,1-7H3/p+1/t19?,20?,21-,22?,24?,25?,26-,27?,28?,29?,30?,31?,32?,34?,35?,36?,37?,38?,39?/m0/s1. The maximum absolute atomic E-state index is 12.0. The number of pyridine rings is 1. The van der Waals surface area contributed by atoms with Gasteiger partial charge in [-0.1, -0.05) is 54.4 Å². The van der Waals surface area contributed by atoms with E-state index in [4.69, 9.17) is 0 Å². The zero-order chi connectivity index (χ0) is 33.3. The summed E-state index contributed by atoms with van der Waals surface area (Å²) in [5.41, 5.74) is 1.38. The van der Waals surface area contributed by atoms with Crippen LogP contribution < -0.4 is 25.8 Å². The van der Waals surface area contributed by atoms with Crippen molar-refractivity contribution in [3.05, 3.63) is 30.1 Å². The Kier molecular flexibility index (Phi) is 9.58. The average molecular weight is 651 g/mol. The first kappa shape index (κ1) is 33.9. The number of aryl methyl sites for hydroxylation is 1. The smallest absolute Gasteiger partial charge is 0.303 e. The van der Waals surface area contributed by atoms with E-state index in [2.05, 4.69) is 99.0 Å². The van der Waals surface area contributed by atoms with E-state index >= 15 is 0 Å². The molecule has 17 unspecified atom stereocenters.